The second-order valence-electron chi connectivity index (χ2n) is 5.05. The van der Waals surface area contributed by atoms with E-state index in [0.717, 1.165) is 16.3 Å². The van der Waals surface area contributed by atoms with E-state index in [1.54, 1.807) is 13.8 Å². The molecule has 6 nitrogen and oxygen atoms in total. The lowest BCUT2D eigenvalue weighted by atomic mass is 10.2. The first-order chi connectivity index (χ1) is 9.38. The molecule has 1 aliphatic rings. The largest absolute Gasteiger partial charge is 0.465 e. The zero-order valence-corrected chi connectivity index (χ0v) is 11.3. The van der Waals surface area contributed by atoms with Crippen LogP contribution in [0.2, 0.25) is 0 Å². The number of halogens is 1. The maximum Gasteiger partial charge on any atom is 0.353 e. The van der Waals surface area contributed by atoms with Crippen molar-refractivity contribution in [3.05, 3.63) is 28.1 Å². The normalized spacial score (nSPS) is 19.4. The topological polar surface area (TPSA) is 87.2 Å². The van der Waals surface area contributed by atoms with Gasteiger partial charge in [-0.15, -0.1) is 0 Å². The van der Waals surface area contributed by atoms with Crippen molar-refractivity contribution in [1.82, 2.24) is 9.55 Å². The van der Waals surface area contributed by atoms with Crippen LogP contribution in [0.25, 0.3) is 6.20 Å². The highest BCUT2D eigenvalue weighted by molar-refractivity contribution is 5.71. The van der Waals surface area contributed by atoms with E-state index < -0.39 is 17.3 Å². The Hall–Kier alpha value is -2.18. The lowest BCUT2D eigenvalue weighted by Gasteiger charge is -2.05. The first kappa shape index (κ1) is 14.2. The highest BCUT2D eigenvalue weighted by Crippen LogP contribution is 2.38. The van der Waals surface area contributed by atoms with Crippen molar-refractivity contribution < 1.29 is 13.9 Å². The van der Waals surface area contributed by atoms with E-state index in [1.807, 2.05) is 0 Å². The third kappa shape index (κ3) is 3.23. The minimum Gasteiger partial charge on any atom is -0.465 e. The number of esters is 1. The van der Waals surface area contributed by atoms with Crippen LogP contribution in [-0.4, -0.2) is 22.1 Å². The van der Waals surface area contributed by atoms with Crippen LogP contribution >= 0.6 is 0 Å². The summed E-state index contributed by atoms with van der Waals surface area (Å²) >= 11 is 0. The maximum atomic E-state index is 13.2. The molecule has 20 heavy (non-hydrogen) atoms. The van der Waals surface area contributed by atoms with E-state index in [1.165, 1.54) is 6.20 Å². The van der Waals surface area contributed by atoms with Crippen LogP contribution in [0.4, 0.5) is 10.2 Å². The fourth-order valence-electron chi connectivity index (χ4n) is 1.63. The number of nitrogens with two attached hydrogens (primary N) is 1. The molecular formula is C13H16FN3O3. The molecule has 0 aromatic carbocycles. The van der Waals surface area contributed by atoms with E-state index in [2.05, 4.69) is 4.98 Å². The number of nitrogens with zero attached hydrogens (tertiary/aromatic N) is 2. The Morgan fingerprint density at radius 3 is 3.05 bits per heavy atom. The van der Waals surface area contributed by atoms with Gasteiger partial charge in [-0.05, 0) is 12.0 Å². The average molecular weight is 281 g/mol. The van der Waals surface area contributed by atoms with Crippen LogP contribution < -0.4 is 11.4 Å². The molecule has 0 saturated heterocycles. The monoisotopic (exact) mass is 281 g/mol. The number of carbonyl (C=O) groups excluding carboxylic acids is 1. The smallest absolute Gasteiger partial charge is 0.353 e. The quantitative estimate of drug-likeness (QED) is 0.833. The Bertz CT molecular complexity index is 622. The molecule has 108 valence electrons. The number of anilines is 1. The van der Waals surface area contributed by atoms with Gasteiger partial charge in [-0.2, -0.15) is 4.98 Å². The summed E-state index contributed by atoms with van der Waals surface area (Å²) in [7, 11) is 0. The Balaban J connectivity index is 2.00. The van der Waals surface area contributed by atoms with Crippen molar-refractivity contribution in [2.45, 2.75) is 20.3 Å². The third-order valence-electron chi connectivity index (χ3n) is 2.98. The summed E-state index contributed by atoms with van der Waals surface area (Å²) in [6.45, 7) is 3.80. The van der Waals surface area contributed by atoms with Crippen molar-refractivity contribution in [2.24, 2.45) is 11.8 Å². The summed E-state index contributed by atoms with van der Waals surface area (Å²) in [5.41, 5.74) is 5.47. The molecule has 2 N–H and O–H groups in total. The molecule has 0 spiro atoms. The van der Waals surface area contributed by atoms with Gasteiger partial charge in [-0.25, -0.2) is 9.18 Å². The number of aromatic nitrogens is 2. The van der Waals surface area contributed by atoms with Gasteiger partial charge >= 0.3 is 11.7 Å². The van der Waals surface area contributed by atoms with Crippen molar-refractivity contribution >= 4 is 18.0 Å². The molecule has 0 bridgehead atoms. The van der Waals surface area contributed by atoms with Crippen LogP contribution in [0, 0.1) is 17.7 Å². The number of carbonyl (C=O) groups is 1. The summed E-state index contributed by atoms with van der Waals surface area (Å²) in [6.07, 6.45) is 3.21. The van der Waals surface area contributed by atoms with Gasteiger partial charge in [0.25, 0.3) is 0 Å². The molecule has 2 rings (SSSR count). The summed E-state index contributed by atoms with van der Waals surface area (Å²) < 4.78 is 19.4. The zero-order chi connectivity index (χ0) is 14.9. The summed E-state index contributed by atoms with van der Waals surface area (Å²) in [4.78, 5) is 26.2. The van der Waals surface area contributed by atoms with Crippen LogP contribution in [0.15, 0.2) is 16.6 Å². The fraction of sp³-hybridized carbons (Fsp3) is 0.462. The Kier molecular flexibility index (Phi) is 3.87. The van der Waals surface area contributed by atoms with Gasteiger partial charge in [0.05, 0.1) is 18.7 Å². The summed E-state index contributed by atoms with van der Waals surface area (Å²) in [6, 6.07) is 0. The number of ether oxygens (including phenoxy) is 1. The van der Waals surface area contributed by atoms with E-state index in [4.69, 9.17) is 10.5 Å². The molecule has 0 aliphatic heterocycles. The zero-order valence-electron chi connectivity index (χ0n) is 11.3. The predicted octanol–water partition coefficient (Wildman–Crippen LogP) is 1.02. The van der Waals surface area contributed by atoms with E-state index in [0.29, 0.717) is 6.42 Å². The summed E-state index contributed by atoms with van der Waals surface area (Å²) in [5, 5.41) is 0. The van der Waals surface area contributed by atoms with Crippen LogP contribution in [0.5, 0.6) is 0 Å². The Labute approximate surface area is 115 Å². The Morgan fingerprint density at radius 1 is 1.70 bits per heavy atom. The highest BCUT2D eigenvalue weighted by Gasteiger charge is 2.31. The maximum absolute atomic E-state index is 13.2. The SMILES string of the molecule is CC(C)C(=O)OCC1C/C1=C/n1cc(F)c(N)nc1=O. The molecule has 1 heterocycles. The number of nitrogen functional groups attached to an aromatic ring is 1. The van der Waals surface area contributed by atoms with Crippen molar-refractivity contribution in [3.63, 3.8) is 0 Å². The molecule has 0 amide bonds. The van der Waals surface area contributed by atoms with Crippen molar-refractivity contribution in [3.8, 4) is 0 Å². The lowest BCUT2D eigenvalue weighted by molar-refractivity contribution is -0.147. The minimum absolute atomic E-state index is 0.0882. The van der Waals surface area contributed by atoms with Crippen LogP contribution in [0.1, 0.15) is 20.3 Å². The average Bonchev–Trinajstić information content (AvgIpc) is 3.11. The molecule has 0 radical (unpaired) electrons. The third-order valence-corrected chi connectivity index (χ3v) is 2.98. The number of hydrogen-bond donors (Lipinski definition) is 1. The molecule has 1 aromatic rings. The van der Waals surface area contributed by atoms with Crippen LogP contribution in [0.3, 0.4) is 0 Å². The number of rotatable bonds is 4. The summed E-state index contributed by atoms with van der Waals surface area (Å²) in [5.74, 6) is -1.49. The predicted molar refractivity (Wildman–Crippen MR) is 71.0 cm³/mol. The molecule has 1 unspecified atom stereocenters. The van der Waals surface area contributed by atoms with E-state index in [9.17, 15) is 14.0 Å². The van der Waals surface area contributed by atoms with Gasteiger partial charge < -0.3 is 10.5 Å². The van der Waals surface area contributed by atoms with Gasteiger partial charge in [-0.1, -0.05) is 13.8 Å². The standard InChI is InChI=1S/C13H16FN3O3/c1-7(2)12(18)20-6-9-3-8(9)4-17-5-10(14)11(15)16-13(17)19/h4-5,7,9H,3,6H2,1-2H3,(H2,15,16,19)/b8-4-. The van der Waals surface area contributed by atoms with Gasteiger partial charge in [-0.3, -0.25) is 9.36 Å². The second kappa shape index (κ2) is 5.44. The van der Waals surface area contributed by atoms with Crippen LogP contribution in [-0.2, 0) is 9.53 Å². The first-order valence-electron chi connectivity index (χ1n) is 6.30. The fourth-order valence-corrected chi connectivity index (χ4v) is 1.63. The van der Waals surface area contributed by atoms with Gasteiger partial charge in [0.15, 0.2) is 11.6 Å². The molecule has 1 aliphatic carbocycles. The van der Waals surface area contributed by atoms with Gasteiger partial charge in [0, 0.05) is 12.1 Å². The lowest BCUT2D eigenvalue weighted by Crippen LogP contribution is -2.21. The van der Waals surface area contributed by atoms with E-state index in [-0.39, 0.29) is 24.4 Å². The second-order valence-corrected chi connectivity index (χ2v) is 5.05. The number of hydrogen-bond acceptors (Lipinski definition) is 5. The Morgan fingerprint density at radius 2 is 2.40 bits per heavy atom. The van der Waals surface area contributed by atoms with Gasteiger partial charge in [0.1, 0.15) is 0 Å². The minimum atomic E-state index is -0.745. The molecular weight excluding hydrogens is 265 g/mol. The van der Waals surface area contributed by atoms with Crippen molar-refractivity contribution in [1.29, 1.82) is 0 Å². The molecule has 1 atom stereocenters. The first-order valence-corrected chi connectivity index (χ1v) is 6.30. The van der Waals surface area contributed by atoms with E-state index >= 15 is 0 Å². The molecule has 1 saturated carbocycles. The molecule has 1 fully saturated rings. The highest BCUT2D eigenvalue weighted by atomic mass is 19.1. The van der Waals surface area contributed by atoms with Gasteiger partial charge in [0.2, 0.25) is 0 Å². The van der Waals surface area contributed by atoms with Crippen molar-refractivity contribution in [2.75, 3.05) is 12.3 Å². The molecule has 7 heteroatoms. The molecule has 1 aromatic heterocycles.